The highest BCUT2D eigenvalue weighted by Gasteiger charge is 2.46. The Hall–Kier alpha value is -3.76. The summed E-state index contributed by atoms with van der Waals surface area (Å²) >= 11 is 6.59. The lowest BCUT2D eigenvalue weighted by molar-refractivity contribution is 0.0921. The number of nitrogens with zero attached hydrogens (tertiary/aromatic N) is 1. The van der Waals surface area contributed by atoms with Crippen LogP contribution in [0.3, 0.4) is 0 Å². The lowest BCUT2D eigenvalue weighted by Crippen LogP contribution is -2.49. The molecule has 0 saturated carbocycles. The molecule has 0 aliphatic carbocycles. The van der Waals surface area contributed by atoms with Crippen LogP contribution in [-0.2, 0) is 5.54 Å². The number of carbonyl (C=O) groups is 1. The summed E-state index contributed by atoms with van der Waals surface area (Å²) in [5.74, 6) is 1.18. The number of nitrogens with one attached hydrogen (secondary N) is 1. The fourth-order valence-electron chi connectivity index (χ4n) is 5.27. The van der Waals surface area contributed by atoms with E-state index in [-0.39, 0.29) is 5.91 Å². The molecule has 1 amide bonds. The van der Waals surface area contributed by atoms with E-state index in [1.807, 2.05) is 68.4 Å². The number of benzene rings is 4. The van der Waals surface area contributed by atoms with Gasteiger partial charge in [-0.1, -0.05) is 66.2 Å². The van der Waals surface area contributed by atoms with Gasteiger partial charge in [-0.3, -0.25) is 4.79 Å². The van der Waals surface area contributed by atoms with Crippen LogP contribution in [0.15, 0.2) is 84.9 Å². The average Bonchev–Trinajstić information content (AvgIpc) is 2.91. The van der Waals surface area contributed by atoms with Crippen molar-refractivity contribution in [2.75, 3.05) is 18.0 Å². The van der Waals surface area contributed by atoms with Gasteiger partial charge in [0, 0.05) is 52.6 Å². The topological polar surface area (TPSA) is 41.6 Å². The summed E-state index contributed by atoms with van der Waals surface area (Å²) in [5, 5.41) is 4.09. The van der Waals surface area contributed by atoms with Gasteiger partial charge >= 0.3 is 0 Å². The Morgan fingerprint density at radius 2 is 1.51 bits per heavy atom. The molecule has 1 aliphatic rings. The van der Waals surface area contributed by atoms with Gasteiger partial charge in [0.05, 0.1) is 0 Å². The van der Waals surface area contributed by atoms with E-state index in [0.29, 0.717) is 22.1 Å². The molecule has 1 aliphatic heterocycles. The van der Waals surface area contributed by atoms with Crippen molar-refractivity contribution in [3.63, 3.8) is 0 Å². The number of anilines is 1. The number of carbonyl (C=O) groups excluding carboxylic acids is 1. The molecule has 37 heavy (non-hydrogen) atoms. The molecule has 1 N–H and O–H groups in total. The third kappa shape index (κ3) is 4.25. The van der Waals surface area contributed by atoms with E-state index >= 15 is 0 Å². The van der Waals surface area contributed by atoms with Crippen molar-refractivity contribution in [1.29, 1.82) is 0 Å². The SMILES string of the molecule is CCN(CC)c1ccc2c(c1)Oc1cc(Cl)c(C)cc1C2(NC(=O)c1ccccc1C)c1ccccc1. The maximum absolute atomic E-state index is 14.0. The highest BCUT2D eigenvalue weighted by Crippen LogP contribution is 2.52. The zero-order valence-electron chi connectivity index (χ0n) is 21.6. The van der Waals surface area contributed by atoms with Crippen LogP contribution in [-0.4, -0.2) is 19.0 Å². The summed E-state index contributed by atoms with van der Waals surface area (Å²) in [6.07, 6.45) is 0. The van der Waals surface area contributed by atoms with Gasteiger partial charge in [0.25, 0.3) is 5.91 Å². The number of hydrogen-bond donors (Lipinski definition) is 1. The van der Waals surface area contributed by atoms with E-state index in [0.717, 1.165) is 46.6 Å². The number of ether oxygens (including phenoxy) is 1. The van der Waals surface area contributed by atoms with E-state index in [1.165, 1.54) is 0 Å². The zero-order chi connectivity index (χ0) is 26.2. The molecule has 0 spiro atoms. The molecule has 4 aromatic rings. The van der Waals surface area contributed by atoms with Crippen LogP contribution in [0.2, 0.25) is 5.02 Å². The molecule has 0 bridgehead atoms. The first-order valence-electron chi connectivity index (χ1n) is 12.7. The van der Waals surface area contributed by atoms with E-state index in [4.69, 9.17) is 16.3 Å². The van der Waals surface area contributed by atoms with Crippen LogP contribution in [0.4, 0.5) is 5.69 Å². The molecule has 188 valence electrons. The minimum Gasteiger partial charge on any atom is -0.456 e. The molecule has 0 aromatic heterocycles. The number of amides is 1. The first kappa shape index (κ1) is 24.9. The molecule has 0 fully saturated rings. The van der Waals surface area contributed by atoms with Crippen molar-refractivity contribution in [2.45, 2.75) is 33.2 Å². The van der Waals surface area contributed by atoms with Crippen LogP contribution >= 0.6 is 11.6 Å². The van der Waals surface area contributed by atoms with Gasteiger partial charge < -0.3 is 15.0 Å². The standard InChI is InChI=1S/C32H31ClN2O2/c1-5-35(6-2)24-16-17-26-29(19-24)37-30-20-28(33)22(4)18-27(30)32(26,23-13-8-7-9-14-23)34-31(36)25-15-11-10-12-21(25)3/h7-20H,5-6H2,1-4H3,(H,34,36). The highest BCUT2D eigenvalue weighted by atomic mass is 35.5. The van der Waals surface area contributed by atoms with E-state index in [1.54, 1.807) is 0 Å². The van der Waals surface area contributed by atoms with Crippen LogP contribution in [0, 0.1) is 13.8 Å². The van der Waals surface area contributed by atoms with Crippen molar-refractivity contribution in [2.24, 2.45) is 0 Å². The van der Waals surface area contributed by atoms with Gasteiger partial charge in [-0.25, -0.2) is 0 Å². The second-order valence-electron chi connectivity index (χ2n) is 9.44. The summed E-state index contributed by atoms with van der Waals surface area (Å²) in [6, 6.07) is 27.9. The molecule has 1 atom stereocenters. The molecule has 4 nitrogen and oxygen atoms in total. The van der Waals surface area contributed by atoms with Crippen molar-refractivity contribution in [3.8, 4) is 11.5 Å². The van der Waals surface area contributed by atoms with E-state index in [9.17, 15) is 4.79 Å². The van der Waals surface area contributed by atoms with Crippen molar-refractivity contribution in [1.82, 2.24) is 5.32 Å². The van der Waals surface area contributed by atoms with Gasteiger partial charge in [0.1, 0.15) is 17.0 Å². The fraction of sp³-hybridized carbons (Fsp3) is 0.219. The van der Waals surface area contributed by atoms with Gasteiger partial charge in [-0.2, -0.15) is 0 Å². The smallest absolute Gasteiger partial charge is 0.252 e. The summed E-state index contributed by atoms with van der Waals surface area (Å²) in [7, 11) is 0. The van der Waals surface area contributed by atoms with Gasteiger partial charge in [0.2, 0.25) is 0 Å². The van der Waals surface area contributed by atoms with E-state index in [2.05, 4.69) is 54.4 Å². The first-order chi connectivity index (χ1) is 17.9. The Kier molecular flexibility index (Phi) is 6.70. The Balaban J connectivity index is 1.81. The molecule has 5 rings (SSSR count). The van der Waals surface area contributed by atoms with Gasteiger partial charge in [-0.15, -0.1) is 0 Å². The average molecular weight is 511 g/mol. The van der Waals surface area contributed by atoms with Crippen LogP contribution in [0.1, 0.15) is 52.0 Å². The Morgan fingerprint density at radius 1 is 0.838 bits per heavy atom. The first-order valence-corrected chi connectivity index (χ1v) is 13.1. The monoisotopic (exact) mass is 510 g/mol. The fourth-order valence-corrected chi connectivity index (χ4v) is 5.42. The Morgan fingerprint density at radius 3 is 2.22 bits per heavy atom. The summed E-state index contributed by atoms with van der Waals surface area (Å²) in [5.41, 5.74) is 5.23. The van der Waals surface area contributed by atoms with E-state index < -0.39 is 5.54 Å². The lowest BCUT2D eigenvalue weighted by Gasteiger charge is -2.42. The minimum absolute atomic E-state index is 0.152. The van der Waals surface area contributed by atoms with Crippen LogP contribution in [0.25, 0.3) is 0 Å². The maximum Gasteiger partial charge on any atom is 0.252 e. The number of hydrogen-bond acceptors (Lipinski definition) is 3. The predicted octanol–water partition coefficient (Wildman–Crippen LogP) is 7.63. The molecular formula is C32H31ClN2O2. The highest BCUT2D eigenvalue weighted by molar-refractivity contribution is 6.31. The molecule has 0 radical (unpaired) electrons. The number of rotatable bonds is 6. The van der Waals surface area contributed by atoms with Crippen molar-refractivity contribution >= 4 is 23.2 Å². The van der Waals surface area contributed by atoms with Crippen molar-refractivity contribution in [3.05, 3.63) is 123 Å². The number of aryl methyl sites for hydroxylation is 2. The molecule has 0 saturated heterocycles. The maximum atomic E-state index is 14.0. The normalized spacial score (nSPS) is 15.8. The third-order valence-electron chi connectivity index (χ3n) is 7.28. The van der Waals surface area contributed by atoms with Gasteiger partial charge in [0.15, 0.2) is 0 Å². The Bertz CT molecular complexity index is 1460. The summed E-state index contributed by atoms with van der Waals surface area (Å²) in [4.78, 5) is 16.2. The second-order valence-corrected chi connectivity index (χ2v) is 9.84. The molecule has 4 aromatic carbocycles. The second kappa shape index (κ2) is 9.95. The van der Waals surface area contributed by atoms with Crippen molar-refractivity contribution < 1.29 is 9.53 Å². The lowest BCUT2D eigenvalue weighted by atomic mass is 9.74. The molecular weight excluding hydrogens is 480 g/mol. The van der Waals surface area contributed by atoms with Gasteiger partial charge in [-0.05, 0) is 62.6 Å². The number of fused-ring (bicyclic) bond motifs is 2. The number of halogens is 1. The molecule has 1 heterocycles. The third-order valence-corrected chi connectivity index (χ3v) is 7.69. The summed E-state index contributed by atoms with van der Waals surface area (Å²) < 4.78 is 6.52. The molecule has 5 heteroatoms. The quantitative estimate of drug-likeness (QED) is 0.290. The largest absolute Gasteiger partial charge is 0.456 e. The summed E-state index contributed by atoms with van der Waals surface area (Å²) in [6.45, 7) is 9.96. The van der Waals surface area contributed by atoms with Crippen LogP contribution < -0.4 is 15.0 Å². The molecule has 1 unspecified atom stereocenters. The Labute approximate surface area is 223 Å². The zero-order valence-corrected chi connectivity index (χ0v) is 22.4. The minimum atomic E-state index is -0.985. The van der Waals surface area contributed by atoms with Crippen LogP contribution in [0.5, 0.6) is 11.5 Å². The predicted molar refractivity (Wildman–Crippen MR) is 151 cm³/mol.